The number of ether oxygens (including phenoxy) is 1. The molecule has 1 saturated carbocycles. The number of amides is 1. The Balaban J connectivity index is 1.81. The van der Waals surface area contributed by atoms with Crippen LogP contribution >= 0.6 is 0 Å². The molecular formula is C15H27NO3. The van der Waals surface area contributed by atoms with Crippen molar-refractivity contribution < 1.29 is 14.6 Å². The lowest BCUT2D eigenvalue weighted by Gasteiger charge is -2.35. The van der Waals surface area contributed by atoms with E-state index in [2.05, 4.69) is 6.92 Å². The first-order valence-electron chi connectivity index (χ1n) is 7.40. The fourth-order valence-electron chi connectivity index (χ4n) is 3.25. The van der Waals surface area contributed by atoms with Crippen LogP contribution in [0.15, 0.2) is 0 Å². The van der Waals surface area contributed by atoms with Gasteiger partial charge in [0.1, 0.15) is 5.60 Å². The molecule has 0 aromatic carbocycles. The maximum atomic E-state index is 12.0. The van der Waals surface area contributed by atoms with Gasteiger partial charge in [-0.15, -0.1) is 0 Å². The van der Waals surface area contributed by atoms with Gasteiger partial charge in [-0.25, -0.2) is 4.79 Å². The summed E-state index contributed by atoms with van der Waals surface area (Å²) in [5, 5.41) is 10.1. The normalized spacial score (nSPS) is 35.1. The van der Waals surface area contributed by atoms with Gasteiger partial charge in [-0.1, -0.05) is 6.92 Å². The molecular weight excluding hydrogens is 242 g/mol. The van der Waals surface area contributed by atoms with Crippen LogP contribution < -0.4 is 0 Å². The molecule has 2 aliphatic rings. The highest BCUT2D eigenvalue weighted by atomic mass is 16.6. The Hall–Kier alpha value is -0.770. The van der Waals surface area contributed by atoms with E-state index in [1.807, 2.05) is 20.8 Å². The van der Waals surface area contributed by atoms with E-state index in [9.17, 15) is 9.90 Å². The Morgan fingerprint density at radius 3 is 2.47 bits per heavy atom. The summed E-state index contributed by atoms with van der Waals surface area (Å²) in [7, 11) is 0. The first-order valence-corrected chi connectivity index (χ1v) is 7.40. The SMILES string of the molecule is CC1CC(CC2CN(C(=O)OC(C)(C)C)CC2O)C1. The number of β-amino-alcohol motifs (C(OH)–C–C–N with tert-alkyl or cyclic N) is 1. The number of likely N-dealkylation sites (tertiary alicyclic amines) is 1. The van der Waals surface area contributed by atoms with Crippen molar-refractivity contribution in [1.82, 2.24) is 4.90 Å². The number of nitrogens with zero attached hydrogens (tertiary/aromatic N) is 1. The van der Waals surface area contributed by atoms with E-state index in [1.54, 1.807) is 4.90 Å². The molecule has 0 aromatic heterocycles. The fourth-order valence-corrected chi connectivity index (χ4v) is 3.25. The van der Waals surface area contributed by atoms with Gasteiger partial charge in [0.05, 0.1) is 12.6 Å². The highest BCUT2D eigenvalue weighted by molar-refractivity contribution is 5.68. The molecule has 0 bridgehead atoms. The Bertz CT molecular complexity index is 331. The summed E-state index contributed by atoms with van der Waals surface area (Å²) in [6.07, 6.45) is 2.91. The molecule has 1 heterocycles. The molecule has 4 heteroatoms. The van der Waals surface area contributed by atoms with Crippen molar-refractivity contribution in [2.24, 2.45) is 17.8 Å². The monoisotopic (exact) mass is 269 g/mol. The van der Waals surface area contributed by atoms with Gasteiger partial charge in [0.2, 0.25) is 0 Å². The van der Waals surface area contributed by atoms with Gasteiger partial charge in [0.15, 0.2) is 0 Å². The molecule has 0 spiro atoms. The standard InChI is InChI=1S/C15H27NO3/c1-10-5-11(6-10)7-12-8-16(9-13(12)17)14(18)19-15(2,3)4/h10-13,17H,5-9H2,1-4H3. The largest absolute Gasteiger partial charge is 0.444 e. The summed E-state index contributed by atoms with van der Waals surface area (Å²) in [5.41, 5.74) is -0.469. The van der Waals surface area contributed by atoms with Crippen LogP contribution in [0.1, 0.15) is 47.0 Å². The van der Waals surface area contributed by atoms with Crippen molar-refractivity contribution in [1.29, 1.82) is 0 Å². The molecule has 2 unspecified atom stereocenters. The van der Waals surface area contributed by atoms with Gasteiger partial charge < -0.3 is 14.7 Å². The number of aliphatic hydroxyl groups excluding tert-OH is 1. The smallest absolute Gasteiger partial charge is 0.410 e. The summed E-state index contributed by atoms with van der Waals surface area (Å²) in [6, 6.07) is 0. The van der Waals surface area contributed by atoms with Crippen LogP contribution in [0.25, 0.3) is 0 Å². The van der Waals surface area contributed by atoms with Gasteiger partial charge >= 0.3 is 6.09 Å². The maximum Gasteiger partial charge on any atom is 0.410 e. The summed E-state index contributed by atoms with van der Waals surface area (Å²) < 4.78 is 5.36. The molecule has 110 valence electrons. The zero-order chi connectivity index (χ0) is 14.2. The number of aliphatic hydroxyl groups is 1. The number of rotatable bonds is 2. The van der Waals surface area contributed by atoms with Crippen LogP contribution in [0.5, 0.6) is 0 Å². The lowest BCUT2D eigenvalue weighted by Crippen LogP contribution is -2.36. The van der Waals surface area contributed by atoms with Crippen molar-refractivity contribution in [3.63, 3.8) is 0 Å². The molecule has 0 radical (unpaired) electrons. The molecule has 1 aliphatic carbocycles. The topological polar surface area (TPSA) is 49.8 Å². The average Bonchev–Trinajstić information content (AvgIpc) is 2.56. The van der Waals surface area contributed by atoms with Crippen molar-refractivity contribution in [3.8, 4) is 0 Å². The number of hydrogen-bond acceptors (Lipinski definition) is 3. The second-order valence-electron chi connectivity index (χ2n) is 7.39. The van der Waals surface area contributed by atoms with Gasteiger partial charge in [-0.05, 0) is 51.9 Å². The number of carbonyl (C=O) groups excluding carboxylic acids is 1. The van der Waals surface area contributed by atoms with Crippen LogP contribution in [-0.4, -0.2) is 40.9 Å². The summed E-state index contributed by atoms with van der Waals surface area (Å²) in [6.45, 7) is 8.93. The summed E-state index contributed by atoms with van der Waals surface area (Å²) in [5.74, 6) is 1.81. The molecule has 1 aliphatic heterocycles. The molecule has 4 nitrogen and oxygen atoms in total. The first kappa shape index (κ1) is 14.6. The molecule has 0 aromatic rings. The minimum Gasteiger partial charge on any atom is -0.444 e. The third-order valence-corrected chi connectivity index (χ3v) is 4.17. The van der Waals surface area contributed by atoms with E-state index in [4.69, 9.17) is 4.74 Å². The summed E-state index contributed by atoms with van der Waals surface area (Å²) >= 11 is 0. The average molecular weight is 269 g/mol. The third kappa shape index (κ3) is 3.85. The van der Waals surface area contributed by atoms with Crippen molar-refractivity contribution in [2.45, 2.75) is 58.7 Å². The lowest BCUT2D eigenvalue weighted by atomic mass is 9.71. The van der Waals surface area contributed by atoms with E-state index in [-0.39, 0.29) is 18.1 Å². The van der Waals surface area contributed by atoms with Crippen LogP contribution in [0, 0.1) is 17.8 Å². The van der Waals surface area contributed by atoms with Crippen molar-refractivity contribution in [2.75, 3.05) is 13.1 Å². The van der Waals surface area contributed by atoms with Crippen LogP contribution in [0.4, 0.5) is 4.79 Å². The minimum atomic E-state index is -0.469. The van der Waals surface area contributed by atoms with E-state index >= 15 is 0 Å². The molecule has 2 atom stereocenters. The molecule has 19 heavy (non-hydrogen) atoms. The second kappa shape index (κ2) is 5.31. The maximum absolute atomic E-state index is 12.0. The van der Waals surface area contributed by atoms with Crippen LogP contribution in [0.3, 0.4) is 0 Å². The third-order valence-electron chi connectivity index (χ3n) is 4.17. The highest BCUT2D eigenvalue weighted by Gasteiger charge is 2.38. The molecule has 2 rings (SSSR count). The zero-order valence-electron chi connectivity index (χ0n) is 12.6. The van der Waals surface area contributed by atoms with E-state index < -0.39 is 5.60 Å². The van der Waals surface area contributed by atoms with Gasteiger partial charge in [0, 0.05) is 12.5 Å². The first-order chi connectivity index (χ1) is 8.74. The Kier molecular flexibility index (Phi) is 4.09. The van der Waals surface area contributed by atoms with E-state index in [1.165, 1.54) is 12.8 Å². The molecule has 1 amide bonds. The minimum absolute atomic E-state index is 0.227. The Labute approximate surface area is 116 Å². The fraction of sp³-hybridized carbons (Fsp3) is 0.933. The quantitative estimate of drug-likeness (QED) is 0.838. The van der Waals surface area contributed by atoms with Crippen molar-refractivity contribution in [3.05, 3.63) is 0 Å². The molecule has 2 fully saturated rings. The van der Waals surface area contributed by atoms with Crippen LogP contribution in [-0.2, 0) is 4.74 Å². The Morgan fingerprint density at radius 1 is 1.32 bits per heavy atom. The molecule has 1 saturated heterocycles. The Morgan fingerprint density at radius 2 is 1.95 bits per heavy atom. The van der Waals surface area contributed by atoms with Gasteiger partial charge in [-0.2, -0.15) is 0 Å². The predicted octanol–water partition coefficient (Wildman–Crippen LogP) is 2.65. The number of carbonyl (C=O) groups is 1. The van der Waals surface area contributed by atoms with Gasteiger partial charge in [-0.3, -0.25) is 0 Å². The van der Waals surface area contributed by atoms with Crippen molar-refractivity contribution >= 4 is 6.09 Å². The number of hydrogen-bond donors (Lipinski definition) is 1. The highest BCUT2D eigenvalue weighted by Crippen LogP contribution is 2.39. The van der Waals surface area contributed by atoms with E-state index in [0.717, 1.165) is 18.3 Å². The zero-order valence-corrected chi connectivity index (χ0v) is 12.6. The lowest BCUT2D eigenvalue weighted by molar-refractivity contribution is 0.0269. The second-order valence-corrected chi connectivity index (χ2v) is 7.39. The van der Waals surface area contributed by atoms with E-state index in [0.29, 0.717) is 13.1 Å². The summed E-state index contributed by atoms with van der Waals surface area (Å²) in [4.78, 5) is 13.6. The predicted molar refractivity (Wildman–Crippen MR) is 73.8 cm³/mol. The van der Waals surface area contributed by atoms with Crippen LogP contribution in [0.2, 0.25) is 0 Å². The van der Waals surface area contributed by atoms with Gasteiger partial charge in [0.25, 0.3) is 0 Å². The molecule has 1 N–H and O–H groups in total.